The lowest BCUT2D eigenvalue weighted by atomic mass is 10.0. The smallest absolute Gasteiger partial charge is 0.245 e. The highest BCUT2D eigenvalue weighted by Crippen LogP contribution is 2.26. The standard InChI is InChI=1S/C12H16ClFN2O2S.ClH/c13-10-3-4-12(11(14)6-10)19(17,18)16-5-1-2-9(7-15)8-16;/h3-4,6,9H,1-2,5,7-8,15H2;1H. The molecule has 1 aromatic carbocycles. The molecule has 114 valence electrons. The van der Waals surface area contributed by atoms with Gasteiger partial charge in [0.1, 0.15) is 10.7 Å². The molecule has 2 N–H and O–H groups in total. The van der Waals surface area contributed by atoms with Crippen molar-refractivity contribution in [3.63, 3.8) is 0 Å². The number of rotatable bonds is 3. The maximum atomic E-state index is 13.8. The summed E-state index contributed by atoms with van der Waals surface area (Å²) in [4.78, 5) is -0.324. The van der Waals surface area contributed by atoms with Crippen LogP contribution in [-0.2, 0) is 10.0 Å². The predicted molar refractivity (Wildman–Crippen MR) is 79.2 cm³/mol. The van der Waals surface area contributed by atoms with Gasteiger partial charge in [0.05, 0.1) is 0 Å². The molecule has 1 aliphatic heterocycles. The van der Waals surface area contributed by atoms with Gasteiger partial charge in [-0.3, -0.25) is 0 Å². The minimum absolute atomic E-state index is 0. The highest BCUT2D eigenvalue weighted by Gasteiger charge is 2.31. The van der Waals surface area contributed by atoms with E-state index in [1.165, 1.54) is 16.4 Å². The Balaban J connectivity index is 0.00000200. The van der Waals surface area contributed by atoms with E-state index in [0.29, 0.717) is 19.6 Å². The first-order chi connectivity index (χ1) is 8.95. The number of sulfonamides is 1. The third kappa shape index (κ3) is 3.62. The first kappa shape index (κ1) is 17.7. The Labute approximate surface area is 129 Å². The molecular weight excluding hydrogens is 326 g/mol. The quantitative estimate of drug-likeness (QED) is 0.916. The molecule has 1 saturated heterocycles. The number of piperidine rings is 1. The molecule has 0 spiro atoms. The maximum Gasteiger partial charge on any atom is 0.245 e. The van der Waals surface area contributed by atoms with Crippen molar-refractivity contribution in [1.29, 1.82) is 0 Å². The molecule has 0 aromatic heterocycles. The van der Waals surface area contributed by atoms with E-state index in [-0.39, 0.29) is 28.2 Å². The minimum atomic E-state index is -3.81. The van der Waals surface area contributed by atoms with E-state index < -0.39 is 15.8 Å². The molecule has 2 rings (SSSR count). The van der Waals surface area contributed by atoms with Gasteiger partial charge in [-0.1, -0.05) is 11.6 Å². The minimum Gasteiger partial charge on any atom is -0.330 e. The van der Waals surface area contributed by atoms with Crippen molar-refractivity contribution < 1.29 is 12.8 Å². The van der Waals surface area contributed by atoms with Crippen molar-refractivity contribution in [2.45, 2.75) is 17.7 Å². The van der Waals surface area contributed by atoms with Crippen LogP contribution in [0.15, 0.2) is 23.1 Å². The SMILES string of the molecule is Cl.NCC1CCCN(S(=O)(=O)c2ccc(Cl)cc2F)C1. The predicted octanol–water partition coefficient (Wildman–Crippen LogP) is 2.26. The van der Waals surface area contributed by atoms with Crippen molar-refractivity contribution in [2.75, 3.05) is 19.6 Å². The van der Waals surface area contributed by atoms with Crippen LogP contribution in [0.2, 0.25) is 5.02 Å². The van der Waals surface area contributed by atoms with E-state index in [2.05, 4.69) is 0 Å². The third-order valence-corrected chi connectivity index (χ3v) is 5.46. The molecular formula is C12H17Cl2FN2O2S. The monoisotopic (exact) mass is 342 g/mol. The zero-order valence-corrected chi connectivity index (χ0v) is 13.1. The summed E-state index contributed by atoms with van der Waals surface area (Å²) in [5, 5.41) is 0.176. The van der Waals surface area contributed by atoms with E-state index in [0.717, 1.165) is 18.9 Å². The van der Waals surface area contributed by atoms with E-state index in [4.69, 9.17) is 17.3 Å². The molecule has 0 saturated carbocycles. The fourth-order valence-electron chi connectivity index (χ4n) is 2.26. The summed E-state index contributed by atoms with van der Waals surface area (Å²) >= 11 is 5.63. The molecule has 1 fully saturated rings. The Morgan fingerprint density at radius 2 is 2.15 bits per heavy atom. The van der Waals surface area contributed by atoms with Crippen LogP contribution in [-0.4, -0.2) is 32.4 Å². The van der Waals surface area contributed by atoms with Gasteiger partial charge in [-0.05, 0) is 43.5 Å². The van der Waals surface area contributed by atoms with Crippen LogP contribution in [0.25, 0.3) is 0 Å². The summed E-state index contributed by atoms with van der Waals surface area (Å²) in [7, 11) is -3.81. The molecule has 0 radical (unpaired) electrons. The van der Waals surface area contributed by atoms with E-state index >= 15 is 0 Å². The zero-order chi connectivity index (χ0) is 14.0. The average molecular weight is 343 g/mol. The van der Waals surface area contributed by atoms with Crippen molar-refractivity contribution in [3.8, 4) is 0 Å². The molecule has 1 aromatic rings. The summed E-state index contributed by atoms with van der Waals surface area (Å²) in [6.45, 7) is 1.19. The summed E-state index contributed by atoms with van der Waals surface area (Å²) < 4.78 is 39.8. The Morgan fingerprint density at radius 1 is 1.45 bits per heavy atom. The fourth-order valence-corrected chi connectivity index (χ4v) is 4.02. The largest absolute Gasteiger partial charge is 0.330 e. The number of benzene rings is 1. The highest BCUT2D eigenvalue weighted by molar-refractivity contribution is 7.89. The number of hydrogen-bond donors (Lipinski definition) is 1. The van der Waals surface area contributed by atoms with Crippen molar-refractivity contribution in [1.82, 2.24) is 4.31 Å². The highest BCUT2D eigenvalue weighted by atomic mass is 35.5. The number of nitrogens with two attached hydrogens (primary N) is 1. The molecule has 1 heterocycles. The zero-order valence-electron chi connectivity index (χ0n) is 10.8. The molecule has 4 nitrogen and oxygen atoms in total. The van der Waals surface area contributed by atoms with Gasteiger partial charge < -0.3 is 5.73 Å². The van der Waals surface area contributed by atoms with Crippen molar-refractivity contribution in [3.05, 3.63) is 29.0 Å². The van der Waals surface area contributed by atoms with Crippen LogP contribution in [0.1, 0.15) is 12.8 Å². The van der Waals surface area contributed by atoms with Crippen LogP contribution in [0, 0.1) is 11.7 Å². The van der Waals surface area contributed by atoms with E-state index in [1.54, 1.807) is 0 Å². The molecule has 8 heteroatoms. The molecule has 0 amide bonds. The van der Waals surface area contributed by atoms with Crippen LogP contribution in [0.3, 0.4) is 0 Å². The topological polar surface area (TPSA) is 63.4 Å². The van der Waals surface area contributed by atoms with Gasteiger partial charge in [0.2, 0.25) is 10.0 Å². The van der Waals surface area contributed by atoms with Gasteiger partial charge in [-0.25, -0.2) is 12.8 Å². The summed E-state index contributed by atoms with van der Waals surface area (Å²) in [6, 6.07) is 3.60. The van der Waals surface area contributed by atoms with Crippen molar-refractivity contribution >= 4 is 34.0 Å². The summed E-state index contributed by atoms with van der Waals surface area (Å²) in [5.74, 6) is -0.679. The molecule has 1 unspecified atom stereocenters. The molecule has 0 bridgehead atoms. The van der Waals surface area contributed by atoms with Crippen LogP contribution < -0.4 is 5.73 Å². The fraction of sp³-hybridized carbons (Fsp3) is 0.500. The Hall–Kier alpha value is -0.400. The van der Waals surface area contributed by atoms with Crippen LogP contribution in [0.5, 0.6) is 0 Å². The van der Waals surface area contributed by atoms with Crippen LogP contribution in [0.4, 0.5) is 4.39 Å². The van der Waals surface area contributed by atoms with Gasteiger partial charge in [0.15, 0.2) is 0 Å². The molecule has 1 aliphatic rings. The van der Waals surface area contributed by atoms with Gasteiger partial charge in [-0.2, -0.15) is 4.31 Å². The molecule has 20 heavy (non-hydrogen) atoms. The molecule has 0 aliphatic carbocycles. The maximum absolute atomic E-state index is 13.8. The van der Waals surface area contributed by atoms with Gasteiger partial charge in [0.25, 0.3) is 0 Å². The normalized spacial score (nSPS) is 20.4. The van der Waals surface area contributed by atoms with Gasteiger partial charge in [0, 0.05) is 18.1 Å². The second-order valence-electron chi connectivity index (χ2n) is 4.68. The second kappa shape index (κ2) is 7.04. The van der Waals surface area contributed by atoms with Crippen LogP contribution >= 0.6 is 24.0 Å². The lowest BCUT2D eigenvalue weighted by Crippen LogP contribution is -2.42. The first-order valence-corrected chi connectivity index (χ1v) is 7.92. The second-order valence-corrected chi connectivity index (χ2v) is 7.02. The Morgan fingerprint density at radius 3 is 2.75 bits per heavy atom. The van der Waals surface area contributed by atoms with E-state index in [9.17, 15) is 12.8 Å². The van der Waals surface area contributed by atoms with Crippen molar-refractivity contribution in [2.24, 2.45) is 11.7 Å². The Bertz CT molecular complexity index is 569. The van der Waals surface area contributed by atoms with E-state index in [1.807, 2.05) is 0 Å². The number of hydrogen-bond acceptors (Lipinski definition) is 3. The van der Waals surface area contributed by atoms with Gasteiger partial charge >= 0.3 is 0 Å². The lowest BCUT2D eigenvalue weighted by Gasteiger charge is -2.31. The number of halogens is 3. The lowest BCUT2D eigenvalue weighted by molar-refractivity contribution is 0.271. The first-order valence-electron chi connectivity index (χ1n) is 6.10. The Kier molecular flexibility index (Phi) is 6.22. The average Bonchev–Trinajstić information content (AvgIpc) is 2.38. The number of nitrogens with zero attached hydrogens (tertiary/aromatic N) is 1. The third-order valence-electron chi connectivity index (χ3n) is 3.33. The molecule has 1 atom stereocenters. The summed E-state index contributed by atoms with van der Waals surface area (Å²) in [6.07, 6.45) is 1.65. The summed E-state index contributed by atoms with van der Waals surface area (Å²) in [5.41, 5.74) is 5.58. The van der Waals surface area contributed by atoms with Gasteiger partial charge in [-0.15, -0.1) is 12.4 Å².